The number of halogens is 4. The van der Waals surface area contributed by atoms with Crippen molar-refractivity contribution in [3.63, 3.8) is 0 Å². The molecule has 212 valence electrons. The maximum Gasteiger partial charge on any atom is 0.287 e. The Kier molecular flexibility index (Phi) is 6.51. The molecule has 3 aromatic carbocycles. The van der Waals surface area contributed by atoms with E-state index < -0.39 is 46.1 Å². The van der Waals surface area contributed by atoms with Crippen LogP contribution in [-0.2, 0) is 18.8 Å². The zero-order valence-corrected chi connectivity index (χ0v) is 22.1. The predicted molar refractivity (Wildman–Crippen MR) is 141 cm³/mol. The lowest BCUT2D eigenvalue weighted by Gasteiger charge is -2.71. The summed E-state index contributed by atoms with van der Waals surface area (Å²) < 4.78 is 66.6. The molecule has 7 nitrogen and oxygen atoms in total. The highest BCUT2D eigenvalue weighted by Gasteiger charge is 2.81. The molecule has 4 aromatic rings. The lowest BCUT2D eigenvalue weighted by Crippen LogP contribution is -2.74. The molecule has 11 heteroatoms. The second kappa shape index (κ2) is 9.97. The molecule has 0 saturated heterocycles. The number of alkyl halides is 2. The largest absolute Gasteiger partial charge is 0.489 e. The van der Waals surface area contributed by atoms with Gasteiger partial charge in [0.25, 0.3) is 5.92 Å². The van der Waals surface area contributed by atoms with Gasteiger partial charge < -0.3 is 9.84 Å². The topological polar surface area (TPSA) is 96.8 Å². The van der Waals surface area contributed by atoms with Crippen molar-refractivity contribution in [2.24, 2.45) is 10.8 Å². The SMILES string of the molecule is N#Cc1ccc(COc2ccc(C#CC34CC(C(F)(F)C(O)(Cn5ncnn5)c5ccc(F)cc5F)(C3)C4)cc2)cc1. The summed E-state index contributed by atoms with van der Waals surface area (Å²) in [5.41, 5.74) is -3.87. The van der Waals surface area contributed by atoms with Crippen LogP contribution in [0.25, 0.3) is 0 Å². The van der Waals surface area contributed by atoms with Crippen molar-refractivity contribution in [2.45, 2.75) is 43.9 Å². The minimum absolute atomic E-state index is 0.0156. The van der Waals surface area contributed by atoms with Gasteiger partial charge >= 0.3 is 0 Å². The Bertz CT molecular complexity index is 1700. The summed E-state index contributed by atoms with van der Waals surface area (Å²) in [4.78, 5) is 0.759. The highest BCUT2D eigenvalue weighted by atomic mass is 19.3. The zero-order chi connectivity index (χ0) is 29.6. The Morgan fingerprint density at radius 2 is 1.67 bits per heavy atom. The number of hydrogen-bond acceptors (Lipinski definition) is 6. The van der Waals surface area contributed by atoms with Crippen LogP contribution in [0, 0.1) is 45.6 Å². The van der Waals surface area contributed by atoms with Crippen molar-refractivity contribution >= 4 is 0 Å². The number of aliphatic hydroxyl groups is 1. The van der Waals surface area contributed by atoms with Crippen molar-refractivity contribution in [2.75, 3.05) is 0 Å². The number of hydrogen-bond donors (Lipinski definition) is 1. The van der Waals surface area contributed by atoms with Gasteiger partial charge in [0.2, 0.25) is 0 Å². The molecule has 3 saturated carbocycles. The van der Waals surface area contributed by atoms with Crippen LogP contribution in [0.2, 0.25) is 0 Å². The van der Waals surface area contributed by atoms with E-state index in [2.05, 4.69) is 33.3 Å². The first-order valence-electron chi connectivity index (χ1n) is 13.1. The molecule has 1 unspecified atom stereocenters. The van der Waals surface area contributed by atoms with Crippen LogP contribution in [0.15, 0.2) is 73.1 Å². The minimum atomic E-state index is -3.82. The molecular weight excluding hydrogens is 550 g/mol. The third kappa shape index (κ3) is 4.56. The molecule has 7 rings (SSSR count). The van der Waals surface area contributed by atoms with Crippen LogP contribution in [-0.4, -0.2) is 31.2 Å². The van der Waals surface area contributed by atoms with Crippen molar-refractivity contribution in [1.82, 2.24) is 20.2 Å². The fourth-order valence-electron chi connectivity index (χ4n) is 6.02. The second-order valence-electron chi connectivity index (χ2n) is 11.0. The second-order valence-corrected chi connectivity index (χ2v) is 11.0. The van der Waals surface area contributed by atoms with Crippen LogP contribution in [0.5, 0.6) is 5.75 Å². The lowest BCUT2D eigenvalue weighted by atomic mass is 9.32. The van der Waals surface area contributed by atoms with Gasteiger partial charge in [0.15, 0.2) is 11.9 Å². The fraction of sp³-hybridized carbons (Fsp3) is 0.290. The standard InChI is InChI=1S/C31H23F4N5O2/c32-24-7-10-26(27(33)13-24)30(41,19-40-38-20-37-39-40)31(34,35)29-16-28(17-29,18-29)12-11-21-5-8-25(9-6-21)42-15-23-3-1-22(14-36)2-4-23/h1-10,13,20,41H,15-19H2. The number of tetrazole rings is 1. The number of nitriles is 1. The first kappa shape index (κ1) is 27.4. The number of benzene rings is 3. The van der Waals surface area contributed by atoms with E-state index in [4.69, 9.17) is 10.00 Å². The van der Waals surface area contributed by atoms with Crippen molar-refractivity contribution in [3.8, 4) is 23.7 Å². The molecule has 3 aliphatic rings. The van der Waals surface area contributed by atoms with E-state index in [0.29, 0.717) is 29.5 Å². The first-order valence-corrected chi connectivity index (χ1v) is 13.1. The number of rotatable bonds is 8. The first-order chi connectivity index (χ1) is 20.1. The summed E-state index contributed by atoms with van der Waals surface area (Å²) >= 11 is 0. The quantitative estimate of drug-likeness (QED) is 0.232. The van der Waals surface area contributed by atoms with Crippen molar-refractivity contribution in [1.29, 1.82) is 5.26 Å². The molecule has 1 N–H and O–H groups in total. The molecule has 3 aliphatic carbocycles. The lowest BCUT2D eigenvalue weighted by molar-refractivity contribution is -0.355. The Balaban J connectivity index is 1.14. The fourth-order valence-corrected chi connectivity index (χ4v) is 6.02. The summed E-state index contributed by atoms with van der Waals surface area (Å²) in [6.45, 7) is -0.542. The van der Waals surface area contributed by atoms with Gasteiger partial charge in [-0.15, -0.1) is 10.2 Å². The summed E-state index contributed by atoms with van der Waals surface area (Å²) in [5.74, 6) is 0.745. The van der Waals surface area contributed by atoms with Gasteiger partial charge in [-0.3, -0.25) is 0 Å². The molecule has 1 atom stereocenters. The third-order valence-electron chi connectivity index (χ3n) is 8.17. The molecule has 0 spiro atoms. The number of aromatic nitrogens is 4. The molecule has 1 aromatic heterocycles. The van der Waals surface area contributed by atoms with E-state index in [1.165, 1.54) is 0 Å². The monoisotopic (exact) mass is 573 g/mol. The molecule has 42 heavy (non-hydrogen) atoms. The van der Waals surface area contributed by atoms with Gasteiger partial charge in [0.1, 0.15) is 30.5 Å². The number of ether oxygens (including phenoxy) is 1. The van der Waals surface area contributed by atoms with E-state index in [0.717, 1.165) is 28.8 Å². The molecule has 0 amide bonds. The van der Waals surface area contributed by atoms with E-state index >= 15 is 8.78 Å². The third-order valence-corrected chi connectivity index (χ3v) is 8.17. The summed E-state index contributed by atoms with van der Waals surface area (Å²) in [5, 5.41) is 31.1. The van der Waals surface area contributed by atoms with Crippen LogP contribution in [0.1, 0.15) is 41.5 Å². The van der Waals surface area contributed by atoms with E-state index in [1.807, 2.05) is 12.1 Å². The smallest absolute Gasteiger partial charge is 0.287 e. The Hall–Kier alpha value is -4.74. The normalized spacial score (nSPS) is 22.0. The molecule has 0 aliphatic heterocycles. The van der Waals surface area contributed by atoms with Crippen LogP contribution in [0.3, 0.4) is 0 Å². The molecule has 3 fully saturated rings. The van der Waals surface area contributed by atoms with Crippen LogP contribution >= 0.6 is 0 Å². The van der Waals surface area contributed by atoms with Gasteiger partial charge in [-0.05, 0) is 78.6 Å². The van der Waals surface area contributed by atoms with Gasteiger partial charge in [0.05, 0.1) is 11.6 Å². The minimum Gasteiger partial charge on any atom is -0.489 e. The van der Waals surface area contributed by atoms with E-state index in [1.54, 1.807) is 36.4 Å². The van der Waals surface area contributed by atoms with Crippen LogP contribution < -0.4 is 4.74 Å². The average Bonchev–Trinajstić information content (AvgIpc) is 3.44. The van der Waals surface area contributed by atoms with Crippen molar-refractivity contribution < 1.29 is 27.4 Å². The predicted octanol–water partition coefficient (Wildman–Crippen LogP) is 5.15. The summed E-state index contributed by atoms with van der Waals surface area (Å²) in [6, 6.07) is 18.3. The Labute approximate surface area is 238 Å². The van der Waals surface area contributed by atoms with Gasteiger partial charge in [-0.1, -0.05) is 24.0 Å². The summed E-state index contributed by atoms with van der Waals surface area (Å²) in [7, 11) is 0. The Morgan fingerprint density at radius 3 is 2.29 bits per heavy atom. The maximum atomic E-state index is 16.2. The highest BCUT2D eigenvalue weighted by Crippen LogP contribution is 2.80. The van der Waals surface area contributed by atoms with Crippen LogP contribution in [0.4, 0.5) is 17.6 Å². The molecule has 1 heterocycles. The highest BCUT2D eigenvalue weighted by molar-refractivity contribution is 5.44. The van der Waals surface area contributed by atoms with E-state index in [-0.39, 0.29) is 19.3 Å². The maximum absolute atomic E-state index is 16.2. The van der Waals surface area contributed by atoms with Gasteiger partial charge in [-0.2, -0.15) is 10.1 Å². The van der Waals surface area contributed by atoms with Gasteiger partial charge in [0, 0.05) is 28.0 Å². The number of nitrogens with zero attached hydrogens (tertiary/aromatic N) is 5. The molecular formula is C31H23F4N5O2. The zero-order valence-electron chi connectivity index (χ0n) is 22.1. The summed E-state index contributed by atoms with van der Waals surface area (Å²) in [6.07, 6.45) is 1.06. The average molecular weight is 574 g/mol. The van der Waals surface area contributed by atoms with Crippen molar-refractivity contribution in [3.05, 3.63) is 107 Å². The Morgan fingerprint density at radius 1 is 0.976 bits per heavy atom. The van der Waals surface area contributed by atoms with Gasteiger partial charge in [-0.25, -0.2) is 17.6 Å². The van der Waals surface area contributed by atoms with E-state index in [9.17, 15) is 13.9 Å². The molecule has 2 bridgehead atoms. The molecule has 0 radical (unpaired) electrons.